The van der Waals surface area contributed by atoms with Crippen LogP contribution in [-0.4, -0.2) is 43.8 Å². The molecule has 0 spiro atoms. The van der Waals surface area contributed by atoms with Crippen LogP contribution in [0.4, 0.5) is 10.5 Å². The molecule has 4 heteroatoms. The normalized spacial score (nSPS) is 16.0. The first-order chi connectivity index (χ1) is 9.91. The summed E-state index contributed by atoms with van der Waals surface area (Å²) in [6.07, 6.45) is -0.194. The van der Waals surface area contributed by atoms with Crippen LogP contribution in [0, 0.1) is 0 Å². The lowest BCUT2D eigenvalue weighted by molar-refractivity contribution is 0.105. The molecule has 0 aromatic heterocycles. The highest BCUT2D eigenvalue weighted by molar-refractivity contribution is 5.68. The van der Waals surface area contributed by atoms with E-state index < -0.39 is 0 Å². The predicted molar refractivity (Wildman–Crippen MR) is 86.0 cm³/mol. The Labute approximate surface area is 127 Å². The van der Waals surface area contributed by atoms with Crippen LogP contribution in [0.1, 0.15) is 33.3 Å². The monoisotopic (exact) mass is 290 g/mol. The number of amides is 1. The van der Waals surface area contributed by atoms with Crippen molar-refractivity contribution in [1.29, 1.82) is 0 Å². The first-order valence-electron chi connectivity index (χ1n) is 7.69. The van der Waals surface area contributed by atoms with E-state index in [1.54, 1.807) is 4.90 Å². The van der Waals surface area contributed by atoms with Crippen LogP contribution < -0.4 is 4.90 Å². The van der Waals surface area contributed by atoms with Crippen LogP contribution in [-0.2, 0) is 10.2 Å². The SMILES string of the molecule is CCOC(=O)N1CCN(c2ccc(C(C)(C)C)cc2)CC1. The van der Waals surface area contributed by atoms with Gasteiger partial charge in [-0.2, -0.15) is 0 Å². The lowest BCUT2D eigenvalue weighted by Crippen LogP contribution is -2.49. The van der Waals surface area contributed by atoms with Crippen LogP contribution >= 0.6 is 0 Å². The molecule has 1 aromatic rings. The average Bonchev–Trinajstić information content (AvgIpc) is 2.47. The molecule has 1 saturated heterocycles. The number of rotatable bonds is 2. The van der Waals surface area contributed by atoms with Crippen molar-refractivity contribution in [2.75, 3.05) is 37.7 Å². The fourth-order valence-electron chi connectivity index (χ4n) is 2.53. The van der Waals surface area contributed by atoms with Crippen LogP contribution in [0.3, 0.4) is 0 Å². The number of anilines is 1. The second kappa shape index (κ2) is 6.37. The van der Waals surface area contributed by atoms with Gasteiger partial charge in [0.05, 0.1) is 6.61 Å². The van der Waals surface area contributed by atoms with Crippen molar-refractivity contribution < 1.29 is 9.53 Å². The summed E-state index contributed by atoms with van der Waals surface area (Å²) < 4.78 is 5.04. The quantitative estimate of drug-likeness (QED) is 0.838. The minimum absolute atomic E-state index is 0.182. The van der Waals surface area contributed by atoms with Crippen molar-refractivity contribution in [2.24, 2.45) is 0 Å². The molecular formula is C17H26N2O2. The highest BCUT2D eigenvalue weighted by Crippen LogP contribution is 2.25. The van der Waals surface area contributed by atoms with Gasteiger partial charge in [0.25, 0.3) is 0 Å². The number of ether oxygens (including phenoxy) is 1. The molecule has 2 rings (SSSR count). The Morgan fingerprint density at radius 2 is 1.67 bits per heavy atom. The van der Waals surface area contributed by atoms with Crippen molar-refractivity contribution in [1.82, 2.24) is 4.90 Å². The number of hydrogen-bond acceptors (Lipinski definition) is 3. The number of carbonyl (C=O) groups is 1. The molecule has 1 aromatic carbocycles. The molecule has 1 aliphatic heterocycles. The minimum Gasteiger partial charge on any atom is -0.450 e. The zero-order chi connectivity index (χ0) is 15.5. The number of piperazine rings is 1. The van der Waals surface area contributed by atoms with E-state index in [2.05, 4.69) is 49.9 Å². The van der Waals surface area contributed by atoms with E-state index in [1.165, 1.54) is 11.3 Å². The van der Waals surface area contributed by atoms with Crippen molar-refractivity contribution >= 4 is 11.8 Å². The van der Waals surface area contributed by atoms with E-state index >= 15 is 0 Å². The van der Waals surface area contributed by atoms with Gasteiger partial charge in [-0.25, -0.2) is 4.79 Å². The zero-order valence-electron chi connectivity index (χ0n) is 13.6. The van der Waals surface area contributed by atoms with E-state index in [1.807, 2.05) is 6.92 Å². The van der Waals surface area contributed by atoms with E-state index in [-0.39, 0.29) is 11.5 Å². The van der Waals surface area contributed by atoms with Crippen LogP contribution in [0.15, 0.2) is 24.3 Å². The minimum atomic E-state index is -0.194. The predicted octanol–water partition coefficient (Wildman–Crippen LogP) is 3.26. The summed E-state index contributed by atoms with van der Waals surface area (Å²) in [7, 11) is 0. The van der Waals surface area contributed by atoms with Crippen LogP contribution in [0.5, 0.6) is 0 Å². The largest absolute Gasteiger partial charge is 0.450 e. The first-order valence-corrected chi connectivity index (χ1v) is 7.69. The maximum Gasteiger partial charge on any atom is 0.409 e. The molecule has 0 bridgehead atoms. The van der Waals surface area contributed by atoms with Crippen LogP contribution in [0.2, 0.25) is 0 Å². The van der Waals surface area contributed by atoms with Gasteiger partial charge in [-0.05, 0) is 30.0 Å². The zero-order valence-corrected chi connectivity index (χ0v) is 13.6. The summed E-state index contributed by atoms with van der Waals surface area (Å²) in [4.78, 5) is 15.8. The number of carbonyl (C=O) groups excluding carboxylic acids is 1. The molecule has 21 heavy (non-hydrogen) atoms. The smallest absolute Gasteiger partial charge is 0.409 e. The summed E-state index contributed by atoms with van der Waals surface area (Å²) >= 11 is 0. The van der Waals surface area contributed by atoms with Gasteiger partial charge >= 0.3 is 6.09 Å². The molecule has 0 radical (unpaired) electrons. The van der Waals surface area contributed by atoms with E-state index in [9.17, 15) is 4.79 Å². The Kier molecular flexibility index (Phi) is 4.76. The molecular weight excluding hydrogens is 264 g/mol. The molecule has 0 aliphatic carbocycles. The summed E-state index contributed by atoms with van der Waals surface area (Å²) in [5.74, 6) is 0. The Morgan fingerprint density at radius 3 is 2.14 bits per heavy atom. The Hall–Kier alpha value is -1.71. The van der Waals surface area contributed by atoms with Gasteiger partial charge in [-0.3, -0.25) is 0 Å². The maximum atomic E-state index is 11.7. The molecule has 116 valence electrons. The van der Waals surface area contributed by atoms with Gasteiger partial charge in [-0.15, -0.1) is 0 Å². The topological polar surface area (TPSA) is 32.8 Å². The lowest BCUT2D eigenvalue weighted by Gasteiger charge is -2.35. The van der Waals surface area contributed by atoms with Crippen molar-refractivity contribution in [3.8, 4) is 0 Å². The maximum absolute atomic E-state index is 11.7. The molecule has 4 nitrogen and oxygen atoms in total. The first kappa shape index (κ1) is 15.7. The van der Waals surface area contributed by atoms with Gasteiger partial charge in [0.2, 0.25) is 0 Å². The highest BCUT2D eigenvalue weighted by atomic mass is 16.6. The summed E-state index contributed by atoms with van der Waals surface area (Å²) in [6, 6.07) is 8.77. The molecule has 1 aliphatic rings. The molecule has 0 N–H and O–H groups in total. The van der Waals surface area contributed by atoms with E-state index in [4.69, 9.17) is 4.74 Å². The Balaban J connectivity index is 1.95. The van der Waals surface area contributed by atoms with E-state index in [0.717, 1.165) is 26.2 Å². The Morgan fingerprint density at radius 1 is 1.10 bits per heavy atom. The Bertz CT molecular complexity index is 469. The lowest BCUT2D eigenvalue weighted by atomic mass is 9.87. The summed E-state index contributed by atoms with van der Waals surface area (Å²) in [5.41, 5.74) is 2.75. The number of hydrogen-bond donors (Lipinski definition) is 0. The van der Waals surface area contributed by atoms with E-state index in [0.29, 0.717) is 6.61 Å². The second-order valence-corrected chi connectivity index (χ2v) is 6.47. The fourth-order valence-corrected chi connectivity index (χ4v) is 2.53. The third-order valence-corrected chi connectivity index (χ3v) is 3.90. The second-order valence-electron chi connectivity index (χ2n) is 6.47. The van der Waals surface area contributed by atoms with Crippen LogP contribution in [0.25, 0.3) is 0 Å². The molecule has 0 saturated carbocycles. The van der Waals surface area contributed by atoms with Gasteiger partial charge in [0, 0.05) is 31.9 Å². The van der Waals surface area contributed by atoms with Crippen molar-refractivity contribution in [3.05, 3.63) is 29.8 Å². The molecule has 0 atom stereocenters. The fraction of sp³-hybridized carbons (Fsp3) is 0.588. The van der Waals surface area contributed by atoms with Gasteiger partial charge < -0.3 is 14.5 Å². The van der Waals surface area contributed by atoms with Crippen molar-refractivity contribution in [2.45, 2.75) is 33.1 Å². The number of nitrogens with zero attached hydrogens (tertiary/aromatic N) is 2. The average molecular weight is 290 g/mol. The molecule has 1 fully saturated rings. The third kappa shape index (κ3) is 3.90. The molecule has 0 unspecified atom stereocenters. The highest BCUT2D eigenvalue weighted by Gasteiger charge is 2.22. The summed E-state index contributed by atoms with van der Waals surface area (Å²) in [6.45, 7) is 12.1. The van der Waals surface area contributed by atoms with Gasteiger partial charge in [0.15, 0.2) is 0 Å². The van der Waals surface area contributed by atoms with Gasteiger partial charge in [0.1, 0.15) is 0 Å². The number of benzene rings is 1. The standard InChI is InChI=1S/C17H26N2O2/c1-5-21-16(20)19-12-10-18(11-13-19)15-8-6-14(7-9-15)17(2,3)4/h6-9H,5,10-13H2,1-4H3. The van der Waals surface area contributed by atoms with Crippen molar-refractivity contribution in [3.63, 3.8) is 0 Å². The molecule has 1 heterocycles. The summed E-state index contributed by atoms with van der Waals surface area (Å²) in [5, 5.41) is 0. The molecule has 1 amide bonds. The third-order valence-electron chi connectivity index (χ3n) is 3.90. The van der Waals surface area contributed by atoms with Gasteiger partial charge in [-0.1, -0.05) is 32.9 Å².